The lowest BCUT2D eigenvalue weighted by molar-refractivity contribution is -0.274. The number of carbonyl (C=O) groups is 1. The van der Waals surface area contributed by atoms with Gasteiger partial charge < -0.3 is 10.1 Å². The summed E-state index contributed by atoms with van der Waals surface area (Å²) in [6, 6.07) is 3.51. The van der Waals surface area contributed by atoms with E-state index in [1.54, 1.807) is 6.92 Å². The van der Waals surface area contributed by atoms with Crippen LogP contribution in [0, 0.1) is 0 Å². The molecule has 10 heteroatoms. The number of carbonyl (C=O) groups excluding carboxylic acids is 1. The van der Waals surface area contributed by atoms with E-state index in [0.29, 0.717) is 12.2 Å². The Morgan fingerprint density at radius 3 is 2.71 bits per heavy atom. The van der Waals surface area contributed by atoms with Crippen molar-refractivity contribution in [2.45, 2.75) is 19.8 Å². The quantitative estimate of drug-likeness (QED) is 0.836. The van der Waals surface area contributed by atoms with Crippen molar-refractivity contribution in [3.63, 3.8) is 0 Å². The van der Waals surface area contributed by atoms with Gasteiger partial charge in [-0.15, -0.1) is 13.2 Å². The number of aryl methyl sites for hydroxylation is 1. The van der Waals surface area contributed by atoms with Crippen molar-refractivity contribution in [1.29, 1.82) is 0 Å². The fraction of sp³-hybridized carbons (Fsp3) is 0.214. The number of nitrogens with zero attached hydrogens (tertiary/aromatic N) is 2. The highest BCUT2D eigenvalue weighted by molar-refractivity contribution is 6.34. The normalized spacial score (nSPS) is 15.5. The fourth-order valence-electron chi connectivity index (χ4n) is 2.30. The van der Waals surface area contributed by atoms with E-state index in [-0.39, 0.29) is 17.0 Å². The second-order valence-corrected chi connectivity index (χ2v) is 4.90. The van der Waals surface area contributed by atoms with Gasteiger partial charge in [-0.1, -0.05) is 0 Å². The number of rotatable bonds is 3. The summed E-state index contributed by atoms with van der Waals surface area (Å²) in [7, 11) is 0. The molecule has 1 amide bonds. The van der Waals surface area contributed by atoms with Crippen molar-refractivity contribution in [2.75, 3.05) is 5.32 Å². The van der Waals surface area contributed by atoms with Gasteiger partial charge in [0, 0.05) is 17.8 Å². The van der Waals surface area contributed by atoms with E-state index in [1.165, 1.54) is 12.1 Å². The Labute approximate surface area is 132 Å². The van der Waals surface area contributed by atoms with E-state index in [9.17, 15) is 22.8 Å². The third-order valence-electron chi connectivity index (χ3n) is 3.29. The fourth-order valence-corrected chi connectivity index (χ4v) is 2.30. The lowest BCUT2D eigenvalue weighted by atomic mass is 10.1. The smallest absolute Gasteiger partial charge is 0.406 e. The van der Waals surface area contributed by atoms with Crippen LogP contribution in [0.4, 0.5) is 18.9 Å². The van der Waals surface area contributed by atoms with Crippen LogP contribution in [0.25, 0.3) is 11.6 Å². The van der Waals surface area contributed by atoms with Crippen molar-refractivity contribution in [1.82, 2.24) is 14.8 Å². The summed E-state index contributed by atoms with van der Waals surface area (Å²) in [6.45, 7) is 2.06. The van der Waals surface area contributed by atoms with Crippen LogP contribution in [-0.2, 0) is 11.3 Å². The van der Waals surface area contributed by atoms with E-state index >= 15 is 0 Å². The van der Waals surface area contributed by atoms with Gasteiger partial charge in [-0.05, 0) is 31.2 Å². The number of aromatic nitrogens is 3. The van der Waals surface area contributed by atoms with Gasteiger partial charge in [-0.25, -0.2) is 9.48 Å². The molecule has 0 saturated heterocycles. The second-order valence-electron chi connectivity index (χ2n) is 4.90. The average molecular weight is 340 g/mol. The number of aromatic amines is 1. The number of anilines is 1. The van der Waals surface area contributed by atoms with Gasteiger partial charge in [0.2, 0.25) is 0 Å². The number of nitrogens with one attached hydrogen (secondary N) is 2. The first-order chi connectivity index (χ1) is 11.3. The lowest BCUT2D eigenvalue weighted by Crippen LogP contribution is -2.17. The highest BCUT2D eigenvalue weighted by Crippen LogP contribution is 2.36. The molecule has 0 saturated carbocycles. The summed E-state index contributed by atoms with van der Waals surface area (Å²) >= 11 is 0. The molecule has 0 fully saturated rings. The van der Waals surface area contributed by atoms with Gasteiger partial charge in [-0.2, -0.15) is 5.10 Å². The molecule has 0 bridgehead atoms. The molecule has 1 aromatic heterocycles. The predicted octanol–water partition coefficient (Wildman–Crippen LogP) is 1.98. The standard InChI is InChI=1S/C14H11F3N4O3/c1-2-21-13(23)19-11(20-21)6-9-8-5-7(24-14(15,16)17)3-4-10(8)18-12(9)22/h3-6H,2H2,1H3,(H,18,22)(H,19,20,23)/b9-6-. The van der Waals surface area contributed by atoms with Crippen molar-refractivity contribution >= 4 is 23.2 Å². The molecule has 3 rings (SSSR count). The Hall–Kier alpha value is -3.04. The molecular weight excluding hydrogens is 329 g/mol. The summed E-state index contributed by atoms with van der Waals surface area (Å²) in [5.41, 5.74) is 0.207. The molecule has 1 aliphatic rings. The molecule has 1 aliphatic heterocycles. The topological polar surface area (TPSA) is 89.0 Å². The largest absolute Gasteiger partial charge is 0.573 e. The van der Waals surface area contributed by atoms with E-state index < -0.39 is 23.7 Å². The minimum Gasteiger partial charge on any atom is -0.406 e. The first-order valence-corrected chi connectivity index (χ1v) is 6.87. The summed E-state index contributed by atoms with van der Waals surface area (Å²) in [4.78, 5) is 26.0. The number of halogens is 3. The number of ether oxygens (including phenoxy) is 1. The molecule has 2 N–H and O–H groups in total. The van der Waals surface area contributed by atoms with E-state index in [1.807, 2.05) is 0 Å². The predicted molar refractivity (Wildman–Crippen MR) is 78.1 cm³/mol. The summed E-state index contributed by atoms with van der Waals surface area (Å²) in [5, 5.41) is 6.48. The van der Waals surface area contributed by atoms with Crippen LogP contribution in [-0.4, -0.2) is 27.0 Å². The SMILES string of the molecule is CCn1nc(/C=C2\C(=O)Nc3ccc(OC(F)(F)F)cc32)[nH]c1=O. The van der Waals surface area contributed by atoms with Gasteiger partial charge in [-0.3, -0.25) is 9.78 Å². The Balaban J connectivity index is 2.02. The van der Waals surface area contributed by atoms with Gasteiger partial charge in [0.05, 0.1) is 5.57 Å². The Bertz CT molecular complexity index is 895. The molecule has 1 aromatic carbocycles. The zero-order valence-corrected chi connectivity index (χ0v) is 12.3. The summed E-state index contributed by atoms with van der Waals surface area (Å²) in [5.74, 6) is -0.834. The number of hydrogen-bond donors (Lipinski definition) is 2. The van der Waals surface area contributed by atoms with Crippen molar-refractivity contribution in [3.8, 4) is 5.75 Å². The van der Waals surface area contributed by atoms with Crippen LogP contribution < -0.4 is 15.7 Å². The lowest BCUT2D eigenvalue weighted by Gasteiger charge is -2.09. The molecule has 0 atom stereocenters. The number of H-pyrrole nitrogens is 1. The van der Waals surface area contributed by atoms with E-state index in [2.05, 4.69) is 20.1 Å². The Kier molecular flexibility index (Phi) is 3.66. The van der Waals surface area contributed by atoms with E-state index in [4.69, 9.17) is 0 Å². The zero-order chi connectivity index (χ0) is 17.5. The maximum Gasteiger partial charge on any atom is 0.573 e. The molecule has 0 radical (unpaired) electrons. The highest BCUT2D eigenvalue weighted by Gasteiger charge is 2.32. The van der Waals surface area contributed by atoms with Crippen molar-refractivity contribution < 1.29 is 22.7 Å². The van der Waals surface area contributed by atoms with Crippen LogP contribution in [0.3, 0.4) is 0 Å². The molecule has 126 valence electrons. The van der Waals surface area contributed by atoms with Crippen LogP contribution >= 0.6 is 0 Å². The molecule has 0 aliphatic carbocycles. The highest BCUT2D eigenvalue weighted by atomic mass is 19.4. The third kappa shape index (κ3) is 3.03. The number of fused-ring (bicyclic) bond motifs is 1. The molecule has 2 aromatic rings. The van der Waals surface area contributed by atoms with Gasteiger partial charge in [0.15, 0.2) is 5.82 Å². The monoisotopic (exact) mass is 340 g/mol. The molecule has 0 spiro atoms. The Morgan fingerprint density at radius 1 is 1.33 bits per heavy atom. The molecule has 24 heavy (non-hydrogen) atoms. The minimum absolute atomic E-state index is 0.0784. The maximum atomic E-state index is 12.3. The van der Waals surface area contributed by atoms with Crippen LogP contribution in [0.15, 0.2) is 23.0 Å². The Morgan fingerprint density at radius 2 is 2.08 bits per heavy atom. The minimum atomic E-state index is -4.83. The van der Waals surface area contributed by atoms with Crippen LogP contribution in [0.1, 0.15) is 18.3 Å². The second kappa shape index (κ2) is 5.55. The third-order valence-corrected chi connectivity index (χ3v) is 3.29. The maximum absolute atomic E-state index is 12.3. The van der Waals surface area contributed by atoms with E-state index in [0.717, 1.165) is 16.8 Å². The summed E-state index contributed by atoms with van der Waals surface area (Å²) < 4.78 is 42.0. The zero-order valence-electron chi connectivity index (χ0n) is 12.3. The number of amides is 1. The van der Waals surface area contributed by atoms with Gasteiger partial charge in [0.1, 0.15) is 5.75 Å². The van der Waals surface area contributed by atoms with Gasteiger partial charge in [0.25, 0.3) is 5.91 Å². The number of hydrogen-bond acceptors (Lipinski definition) is 4. The molecule has 2 heterocycles. The van der Waals surface area contributed by atoms with Crippen LogP contribution in [0.5, 0.6) is 5.75 Å². The van der Waals surface area contributed by atoms with Gasteiger partial charge >= 0.3 is 12.1 Å². The number of benzene rings is 1. The number of alkyl halides is 3. The summed E-state index contributed by atoms with van der Waals surface area (Å²) in [6.07, 6.45) is -3.54. The van der Waals surface area contributed by atoms with Crippen LogP contribution in [0.2, 0.25) is 0 Å². The van der Waals surface area contributed by atoms with Crippen molar-refractivity contribution in [2.24, 2.45) is 0 Å². The first-order valence-electron chi connectivity index (χ1n) is 6.87. The average Bonchev–Trinajstić information content (AvgIpc) is 2.98. The molecule has 7 nitrogen and oxygen atoms in total. The molecule has 0 unspecified atom stereocenters. The van der Waals surface area contributed by atoms with Crippen molar-refractivity contribution in [3.05, 3.63) is 40.1 Å². The first kappa shape index (κ1) is 15.8. The molecular formula is C14H11F3N4O3.